The van der Waals surface area contributed by atoms with Gasteiger partial charge in [-0.2, -0.15) is 0 Å². The van der Waals surface area contributed by atoms with Gasteiger partial charge >= 0.3 is 5.97 Å². The minimum Gasteiger partial charge on any atom is -0.478 e. The second kappa shape index (κ2) is 4.58. The van der Waals surface area contributed by atoms with E-state index in [1.807, 2.05) is 0 Å². The van der Waals surface area contributed by atoms with Gasteiger partial charge in [-0.05, 0) is 18.2 Å². The molecule has 0 aliphatic heterocycles. The van der Waals surface area contributed by atoms with Crippen LogP contribution in [0.4, 0.5) is 4.39 Å². The fourth-order valence-electron chi connectivity index (χ4n) is 1.11. The van der Waals surface area contributed by atoms with Gasteiger partial charge in [-0.15, -0.1) is 0 Å². The number of hydrogen-bond donors (Lipinski definition) is 2. The number of carboxylic acids is 1. The predicted octanol–water partition coefficient (Wildman–Crippen LogP) is 0.822. The van der Waals surface area contributed by atoms with Crippen molar-refractivity contribution in [1.29, 1.82) is 0 Å². The van der Waals surface area contributed by atoms with E-state index in [1.165, 1.54) is 6.92 Å². The molecule has 7 heteroatoms. The van der Waals surface area contributed by atoms with E-state index in [9.17, 15) is 17.6 Å². The maximum Gasteiger partial charge on any atom is 0.335 e. The Bertz CT molecular complexity index is 512. The molecule has 0 unspecified atom stereocenters. The van der Waals surface area contributed by atoms with Gasteiger partial charge in [0.05, 0.1) is 5.56 Å². The van der Waals surface area contributed by atoms with Crippen LogP contribution in [0, 0.1) is 5.82 Å². The third kappa shape index (κ3) is 2.56. The van der Waals surface area contributed by atoms with Crippen molar-refractivity contribution in [3.05, 3.63) is 29.6 Å². The Kier molecular flexibility index (Phi) is 3.61. The molecule has 2 N–H and O–H groups in total. The third-order valence-corrected chi connectivity index (χ3v) is 3.36. The first-order chi connectivity index (χ1) is 7.38. The lowest BCUT2D eigenvalue weighted by Crippen LogP contribution is -2.24. The number of rotatable bonds is 4. The lowest BCUT2D eigenvalue weighted by atomic mass is 10.2. The van der Waals surface area contributed by atoms with E-state index in [2.05, 4.69) is 4.72 Å². The van der Waals surface area contributed by atoms with E-state index >= 15 is 0 Å². The van der Waals surface area contributed by atoms with Crippen molar-refractivity contribution in [2.75, 3.05) is 6.54 Å². The Morgan fingerprint density at radius 3 is 2.62 bits per heavy atom. The first-order valence-electron chi connectivity index (χ1n) is 4.41. The highest BCUT2D eigenvalue weighted by molar-refractivity contribution is 7.89. The summed E-state index contributed by atoms with van der Waals surface area (Å²) in [6.07, 6.45) is 0. The Labute approximate surface area is 92.0 Å². The monoisotopic (exact) mass is 247 g/mol. The third-order valence-electron chi connectivity index (χ3n) is 1.80. The standard InChI is InChI=1S/C9H10FNO4S/c1-2-11-16(14,15)8-5-6(9(12)13)3-4-7(8)10/h3-5,11H,2H2,1H3,(H,12,13). The number of carboxylic acid groups (broad SMARTS) is 1. The number of carbonyl (C=O) groups is 1. The molecule has 0 atom stereocenters. The van der Waals surface area contributed by atoms with Crippen LogP contribution in [0.1, 0.15) is 17.3 Å². The molecule has 0 bridgehead atoms. The Balaban J connectivity index is 3.33. The number of benzene rings is 1. The average Bonchev–Trinajstić information content (AvgIpc) is 2.17. The van der Waals surface area contributed by atoms with E-state index in [1.54, 1.807) is 0 Å². The minimum absolute atomic E-state index is 0.0963. The molecule has 0 amide bonds. The topological polar surface area (TPSA) is 83.5 Å². The molecular formula is C9H10FNO4S. The number of nitrogens with one attached hydrogen (secondary N) is 1. The second-order valence-corrected chi connectivity index (χ2v) is 4.69. The molecule has 0 aliphatic rings. The molecule has 0 spiro atoms. The van der Waals surface area contributed by atoms with Gasteiger partial charge < -0.3 is 5.11 Å². The maximum absolute atomic E-state index is 13.2. The molecule has 5 nitrogen and oxygen atoms in total. The molecule has 88 valence electrons. The Hall–Kier alpha value is -1.47. The molecule has 1 rings (SSSR count). The molecular weight excluding hydrogens is 237 g/mol. The van der Waals surface area contributed by atoms with Gasteiger partial charge in [0.1, 0.15) is 10.7 Å². The van der Waals surface area contributed by atoms with E-state index in [-0.39, 0.29) is 12.1 Å². The normalized spacial score (nSPS) is 11.4. The van der Waals surface area contributed by atoms with Gasteiger partial charge in [0.25, 0.3) is 0 Å². The van der Waals surface area contributed by atoms with Crippen LogP contribution < -0.4 is 4.72 Å². The van der Waals surface area contributed by atoms with Crippen LogP contribution in [0.5, 0.6) is 0 Å². The van der Waals surface area contributed by atoms with Gasteiger partial charge in [-0.25, -0.2) is 22.3 Å². The largest absolute Gasteiger partial charge is 0.478 e. The Morgan fingerprint density at radius 2 is 2.12 bits per heavy atom. The first kappa shape index (κ1) is 12.6. The SMILES string of the molecule is CCNS(=O)(=O)c1cc(C(=O)O)ccc1F. The van der Waals surface area contributed by atoms with Crippen LogP contribution >= 0.6 is 0 Å². The van der Waals surface area contributed by atoms with E-state index in [0.717, 1.165) is 18.2 Å². The molecule has 0 aromatic heterocycles. The summed E-state index contributed by atoms with van der Waals surface area (Å²) in [5.74, 6) is -2.29. The quantitative estimate of drug-likeness (QED) is 0.825. The Morgan fingerprint density at radius 1 is 1.50 bits per heavy atom. The lowest BCUT2D eigenvalue weighted by Gasteiger charge is -2.06. The number of halogens is 1. The fraction of sp³-hybridized carbons (Fsp3) is 0.222. The molecule has 0 aliphatic carbocycles. The predicted molar refractivity (Wildman–Crippen MR) is 54.2 cm³/mol. The van der Waals surface area contributed by atoms with Crippen molar-refractivity contribution in [1.82, 2.24) is 4.72 Å². The summed E-state index contributed by atoms with van der Waals surface area (Å²) >= 11 is 0. The lowest BCUT2D eigenvalue weighted by molar-refractivity contribution is 0.0696. The van der Waals surface area contributed by atoms with Gasteiger partial charge in [0.15, 0.2) is 0 Å². The summed E-state index contributed by atoms with van der Waals surface area (Å²) in [7, 11) is -3.99. The molecule has 0 saturated carbocycles. The number of sulfonamides is 1. The summed E-state index contributed by atoms with van der Waals surface area (Å²) < 4.78 is 38.3. The van der Waals surface area contributed by atoms with E-state index in [4.69, 9.17) is 5.11 Å². The van der Waals surface area contributed by atoms with Crippen molar-refractivity contribution in [2.24, 2.45) is 0 Å². The highest BCUT2D eigenvalue weighted by Crippen LogP contribution is 2.16. The molecule has 16 heavy (non-hydrogen) atoms. The number of aromatic carboxylic acids is 1. The zero-order valence-electron chi connectivity index (χ0n) is 8.40. The van der Waals surface area contributed by atoms with Crippen LogP contribution in [-0.2, 0) is 10.0 Å². The van der Waals surface area contributed by atoms with E-state index in [0.29, 0.717) is 0 Å². The summed E-state index contributed by atoms with van der Waals surface area (Å²) in [5.41, 5.74) is -0.280. The maximum atomic E-state index is 13.2. The van der Waals surface area contributed by atoms with Gasteiger partial charge in [-0.3, -0.25) is 0 Å². The summed E-state index contributed by atoms with van der Waals surface area (Å²) in [6.45, 7) is 1.63. The molecule has 1 aromatic rings. The molecule has 0 radical (unpaired) electrons. The van der Waals surface area contributed by atoms with Crippen LogP contribution in [-0.4, -0.2) is 26.0 Å². The van der Waals surface area contributed by atoms with Crippen LogP contribution in [0.25, 0.3) is 0 Å². The zero-order chi connectivity index (χ0) is 12.3. The molecule has 0 fully saturated rings. The minimum atomic E-state index is -3.99. The van der Waals surface area contributed by atoms with Gasteiger partial charge in [0, 0.05) is 6.54 Å². The van der Waals surface area contributed by atoms with Gasteiger partial charge in [-0.1, -0.05) is 6.92 Å². The number of hydrogen-bond acceptors (Lipinski definition) is 3. The second-order valence-electron chi connectivity index (χ2n) is 2.95. The molecule has 0 heterocycles. The van der Waals surface area contributed by atoms with Crippen molar-refractivity contribution >= 4 is 16.0 Å². The zero-order valence-corrected chi connectivity index (χ0v) is 9.21. The van der Waals surface area contributed by atoms with Crippen LogP contribution in [0.3, 0.4) is 0 Å². The first-order valence-corrected chi connectivity index (χ1v) is 5.89. The highest BCUT2D eigenvalue weighted by atomic mass is 32.2. The molecule has 1 aromatic carbocycles. The van der Waals surface area contributed by atoms with Crippen molar-refractivity contribution in [3.63, 3.8) is 0 Å². The molecule has 0 saturated heterocycles. The average molecular weight is 247 g/mol. The van der Waals surface area contributed by atoms with Crippen molar-refractivity contribution in [2.45, 2.75) is 11.8 Å². The van der Waals surface area contributed by atoms with Crippen LogP contribution in [0.2, 0.25) is 0 Å². The van der Waals surface area contributed by atoms with Crippen molar-refractivity contribution in [3.8, 4) is 0 Å². The van der Waals surface area contributed by atoms with Gasteiger partial charge in [0.2, 0.25) is 10.0 Å². The van der Waals surface area contributed by atoms with Crippen molar-refractivity contribution < 1.29 is 22.7 Å². The summed E-state index contributed by atoms with van der Waals surface area (Å²) in [4.78, 5) is 9.95. The smallest absolute Gasteiger partial charge is 0.335 e. The highest BCUT2D eigenvalue weighted by Gasteiger charge is 2.19. The van der Waals surface area contributed by atoms with Crippen LogP contribution in [0.15, 0.2) is 23.1 Å². The van der Waals surface area contributed by atoms with E-state index < -0.39 is 26.7 Å². The summed E-state index contributed by atoms with van der Waals surface area (Å²) in [6, 6.07) is 2.60. The fourth-order valence-corrected chi connectivity index (χ4v) is 2.25. The summed E-state index contributed by atoms with van der Waals surface area (Å²) in [5, 5.41) is 8.66.